The minimum Gasteiger partial charge on any atom is -0.465 e. The first kappa shape index (κ1) is 13.7. The van der Waals surface area contributed by atoms with Gasteiger partial charge in [-0.3, -0.25) is 14.6 Å². The van der Waals surface area contributed by atoms with Crippen LogP contribution in [-0.2, 0) is 6.54 Å². The van der Waals surface area contributed by atoms with E-state index in [2.05, 4.69) is 10.4 Å². The van der Waals surface area contributed by atoms with Gasteiger partial charge in [-0.15, -0.1) is 0 Å². The molecule has 1 aromatic heterocycles. The van der Waals surface area contributed by atoms with Gasteiger partial charge in [-0.25, -0.2) is 4.79 Å². The van der Waals surface area contributed by atoms with E-state index < -0.39 is 6.09 Å². The van der Waals surface area contributed by atoms with E-state index in [4.69, 9.17) is 5.11 Å². The van der Waals surface area contributed by atoms with Gasteiger partial charge >= 0.3 is 6.09 Å². The molecule has 1 amide bonds. The maximum absolute atomic E-state index is 11.8. The number of carboxylic acid groups (broad SMARTS) is 1. The van der Waals surface area contributed by atoms with Crippen molar-refractivity contribution in [2.24, 2.45) is 0 Å². The molecule has 1 fully saturated rings. The highest BCUT2D eigenvalue weighted by Gasteiger charge is 2.22. The topological polar surface area (TPSA) is 90.4 Å². The predicted molar refractivity (Wildman–Crippen MR) is 78.6 cm³/mol. The highest BCUT2D eigenvalue weighted by atomic mass is 16.4. The van der Waals surface area contributed by atoms with E-state index in [1.165, 1.54) is 4.90 Å². The van der Waals surface area contributed by atoms with Crippen LogP contribution in [0.5, 0.6) is 0 Å². The van der Waals surface area contributed by atoms with E-state index in [-0.39, 0.29) is 11.6 Å². The lowest BCUT2D eigenvalue weighted by Crippen LogP contribution is -2.52. The molecule has 1 saturated heterocycles. The van der Waals surface area contributed by atoms with Crippen LogP contribution in [0, 0.1) is 0 Å². The third-order valence-corrected chi connectivity index (χ3v) is 3.90. The number of aromatic nitrogens is 2. The first-order chi connectivity index (χ1) is 10.1. The summed E-state index contributed by atoms with van der Waals surface area (Å²) in [6, 6.07) is 7.56. The van der Waals surface area contributed by atoms with Crippen molar-refractivity contribution in [2.75, 3.05) is 19.6 Å². The Bertz CT molecular complexity index is 706. The van der Waals surface area contributed by atoms with Crippen LogP contribution < -0.4 is 10.9 Å². The van der Waals surface area contributed by atoms with Crippen molar-refractivity contribution in [2.45, 2.75) is 19.0 Å². The van der Waals surface area contributed by atoms with Crippen molar-refractivity contribution in [3.05, 3.63) is 34.6 Å². The molecule has 1 aliphatic rings. The number of aromatic amines is 1. The summed E-state index contributed by atoms with van der Waals surface area (Å²) in [4.78, 5) is 24.2. The van der Waals surface area contributed by atoms with E-state index in [0.29, 0.717) is 31.6 Å². The number of para-hydroxylation sites is 1. The summed E-state index contributed by atoms with van der Waals surface area (Å²) >= 11 is 0. The molecule has 2 heterocycles. The molecule has 1 aliphatic heterocycles. The average Bonchev–Trinajstić information content (AvgIpc) is 2.82. The predicted octanol–water partition coefficient (Wildman–Crippen LogP) is 0.671. The van der Waals surface area contributed by atoms with Gasteiger partial charge in [-0.05, 0) is 18.6 Å². The van der Waals surface area contributed by atoms with E-state index in [1.54, 1.807) is 6.07 Å². The molecule has 1 aromatic carbocycles. The molecule has 7 heteroatoms. The van der Waals surface area contributed by atoms with Crippen molar-refractivity contribution in [3.8, 4) is 0 Å². The lowest BCUT2D eigenvalue weighted by Gasteiger charge is -2.31. The molecule has 1 unspecified atom stereocenters. The number of aryl methyl sites for hydroxylation is 1. The minimum absolute atomic E-state index is 0.0886. The van der Waals surface area contributed by atoms with E-state index in [9.17, 15) is 9.59 Å². The Morgan fingerprint density at radius 3 is 3.00 bits per heavy atom. The van der Waals surface area contributed by atoms with Gasteiger partial charge in [-0.2, -0.15) is 0 Å². The number of carbonyl (C=O) groups is 1. The van der Waals surface area contributed by atoms with Crippen LogP contribution in [0.15, 0.2) is 29.1 Å². The molecule has 7 nitrogen and oxygen atoms in total. The summed E-state index contributed by atoms with van der Waals surface area (Å²) in [7, 11) is 0. The average molecular weight is 290 g/mol. The second-order valence-electron chi connectivity index (χ2n) is 5.28. The number of benzene rings is 1. The number of H-pyrrole nitrogens is 1. The van der Waals surface area contributed by atoms with Crippen LogP contribution in [0.2, 0.25) is 0 Å². The first-order valence-corrected chi connectivity index (χ1v) is 7.04. The Morgan fingerprint density at radius 1 is 1.38 bits per heavy atom. The summed E-state index contributed by atoms with van der Waals surface area (Å²) in [5, 5.41) is 15.9. The Morgan fingerprint density at radius 2 is 2.19 bits per heavy atom. The molecule has 21 heavy (non-hydrogen) atoms. The number of fused-ring (bicyclic) bond motifs is 1. The highest BCUT2D eigenvalue weighted by Crippen LogP contribution is 2.11. The second kappa shape index (κ2) is 5.61. The second-order valence-corrected chi connectivity index (χ2v) is 5.28. The fourth-order valence-corrected chi connectivity index (χ4v) is 2.80. The number of nitrogens with one attached hydrogen (secondary N) is 2. The smallest absolute Gasteiger partial charge is 0.407 e. The standard InChI is InChI=1S/C14H18N4O3/c19-13-11-3-1-2-4-12(11)18(16-13)7-5-10-9-17(14(20)21)8-6-15-10/h1-4,10,15H,5-9H2,(H,16,19)(H,20,21). The normalized spacial score (nSPS) is 19.0. The highest BCUT2D eigenvalue weighted by molar-refractivity contribution is 5.78. The number of hydrogen-bond acceptors (Lipinski definition) is 3. The van der Waals surface area contributed by atoms with E-state index in [0.717, 1.165) is 11.9 Å². The largest absolute Gasteiger partial charge is 0.465 e. The number of amides is 1. The zero-order valence-electron chi connectivity index (χ0n) is 11.6. The van der Waals surface area contributed by atoms with Gasteiger partial charge in [0, 0.05) is 32.2 Å². The monoisotopic (exact) mass is 290 g/mol. The molecule has 2 aromatic rings. The number of hydrogen-bond donors (Lipinski definition) is 3. The Labute approximate surface area is 121 Å². The van der Waals surface area contributed by atoms with Crippen LogP contribution in [0.3, 0.4) is 0 Å². The number of rotatable bonds is 3. The molecule has 1 atom stereocenters. The molecule has 3 N–H and O–H groups in total. The summed E-state index contributed by atoms with van der Waals surface area (Å²) in [6.07, 6.45) is -0.111. The zero-order valence-corrected chi connectivity index (χ0v) is 11.6. The molecule has 0 saturated carbocycles. The Balaban J connectivity index is 1.69. The summed E-state index contributed by atoms with van der Waals surface area (Å²) in [5.41, 5.74) is 0.794. The van der Waals surface area contributed by atoms with Crippen LogP contribution >= 0.6 is 0 Å². The molecule has 3 rings (SSSR count). The van der Waals surface area contributed by atoms with Crippen molar-refractivity contribution >= 4 is 17.0 Å². The van der Waals surface area contributed by atoms with Crippen molar-refractivity contribution in [1.82, 2.24) is 20.0 Å². The van der Waals surface area contributed by atoms with Gasteiger partial charge < -0.3 is 15.3 Å². The molecule has 112 valence electrons. The summed E-state index contributed by atoms with van der Waals surface area (Å²) < 4.78 is 1.83. The van der Waals surface area contributed by atoms with E-state index >= 15 is 0 Å². The van der Waals surface area contributed by atoms with Gasteiger partial charge in [0.15, 0.2) is 0 Å². The summed E-state index contributed by atoms with van der Waals surface area (Å²) in [5.74, 6) is 0. The zero-order chi connectivity index (χ0) is 14.8. The maximum atomic E-state index is 11.8. The third-order valence-electron chi connectivity index (χ3n) is 3.90. The molecule has 0 bridgehead atoms. The van der Waals surface area contributed by atoms with Gasteiger partial charge in [0.1, 0.15) is 0 Å². The van der Waals surface area contributed by atoms with Gasteiger partial charge in [0.05, 0.1) is 10.9 Å². The Hall–Kier alpha value is -2.28. The van der Waals surface area contributed by atoms with Gasteiger partial charge in [0.2, 0.25) is 0 Å². The minimum atomic E-state index is -0.874. The van der Waals surface area contributed by atoms with Crippen LogP contribution in [0.1, 0.15) is 6.42 Å². The fraction of sp³-hybridized carbons (Fsp3) is 0.429. The van der Waals surface area contributed by atoms with Crippen molar-refractivity contribution in [3.63, 3.8) is 0 Å². The molecule has 0 aliphatic carbocycles. The van der Waals surface area contributed by atoms with Crippen LogP contribution in [0.4, 0.5) is 4.79 Å². The molecular formula is C14H18N4O3. The van der Waals surface area contributed by atoms with Crippen molar-refractivity contribution < 1.29 is 9.90 Å². The van der Waals surface area contributed by atoms with Crippen LogP contribution in [0.25, 0.3) is 10.9 Å². The SMILES string of the molecule is O=C(O)N1CCNC(CCn2[nH]c(=O)c3ccccc32)C1. The Kier molecular flexibility index (Phi) is 3.66. The maximum Gasteiger partial charge on any atom is 0.407 e. The lowest BCUT2D eigenvalue weighted by molar-refractivity contribution is 0.126. The third kappa shape index (κ3) is 2.78. The summed E-state index contributed by atoms with van der Waals surface area (Å²) in [6.45, 7) is 2.32. The molecule has 0 radical (unpaired) electrons. The quantitative estimate of drug-likeness (QED) is 0.775. The molecule has 0 spiro atoms. The number of nitrogens with zero attached hydrogens (tertiary/aromatic N) is 2. The fourth-order valence-electron chi connectivity index (χ4n) is 2.80. The van der Waals surface area contributed by atoms with Gasteiger partial charge in [0.25, 0.3) is 5.56 Å². The van der Waals surface area contributed by atoms with Crippen molar-refractivity contribution in [1.29, 1.82) is 0 Å². The number of piperazine rings is 1. The van der Waals surface area contributed by atoms with Crippen LogP contribution in [-0.4, -0.2) is 51.6 Å². The van der Waals surface area contributed by atoms with Gasteiger partial charge in [-0.1, -0.05) is 12.1 Å². The first-order valence-electron chi connectivity index (χ1n) is 7.04. The lowest BCUT2D eigenvalue weighted by atomic mass is 10.1. The molecular weight excluding hydrogens is 272 g/mol. The van der Waals surface area contributed by atoms with E-state index in [1.807, 2.05) is 22.9 Å².